The van der Waals surface area contributed by atoms with E-state index in [2.05, 4.69) is 0 Å². The maximum atomic E-state index is 12.2. The Bertz CT molecular complexity index is 694. The molecule has 0 N–H and O–H groups in total. The highest BCUT2D eigenvalue weighted by Crippen LogP contribution is 2.18. The van der Waals surface area contributed by atoms with Crippen LogP contribution in [-0.2, 0) is 20.9 Å². The molecule has 0 atom stereocenters. The first-order valence-electron chi connectivity index (χ1n) is 7.64. The van der Waals surface area contributed by atoms with Crippen molar-refractivity contribution in [2.24, 2.45) is 0 Å². The fourth-order valence-corrected chi connectivity index (χ4v) is 2.10. The zero-order valence-corrected chi connectivity index (χ0v) is 13.8. The molecule has 0 amide bonds. The van der Waals surface area contributed by atoms with Crippen LogP contribution < -0.4 is 4.74 Å². The molecule has 0 aliphatic rings. The SMILES string of the molecule is CC(=O)OCCOc1ccc(C(=O)OCc2ccccc2)c(C)c1. The van der Waals surface area contributed by atoms with E-state index in [1.54, 1.807) is 18.2 Å². The maximum absolute atomic E-state index is 12.2. The van der Waals surface area contributed by atoms with Gasteiger partial charge in [-0.2, -0.15) is 0 Å². The standard InChI is InChI=1S/C19H20O5/c1-14-12-17(23-11-10-22-15(2)20)8-9-18(14)19(21)24-13-16-6-4-3-5-7-16/h3-9,12H,10-11,13H2,1-2H3. The van der Waals surface area contributed by atoms with Crippen molar-refractivity contribution < 1.29 is 23.8 Å². The van der Waals surface area contributed by atoms with Gasteiger partial charge in [0.15, 0.2) is 0 Å². The van der Waals surface area contributed by atoms with E-state index >= 15 is 0 Å². The molecule has 2 aromatic carbocycles. The first-order valence-corrected chi connectivity index (χ1v) is 7.64. The van der Waals surface area contributed by atoms with Gasteiger partial charge in [0.2, 0.25) is 0 Å². The van der Waals surface area contributed by atoms with Crippen LogP contribution in [0.2, 0.25) is 0 Å². The zero-order valence-electron chi connectivity index (χ0n) is 13.8. The molecule has 5 heteroatoms. The predicted molar refractivity (Wildman–Crippen MR) is 88.9 cm³/mol. The van der Waals surface area contributed by atoms with Crippen molar-refractivity contribution in [1.82, 2.24) is 0 Å². The largest absolute Gasteiger partial charge is 0.490 e. The van der Waals surface area contributed by atoms with Crippen molar-refractivity contribution >= 4 is 11.9 Å². The molecule has 2 rings (SSSR count). The molecular formula is C19H20O5. The van der Waals surface area contributed by atoms with Gasteiger partial charge in [0.05, 0.1) is 5.56 Å². The number of carbonyl (C=O) groups excluding carboxylic acids is 2. The van der Waals surface area contributed by atoms with E-state index in [0.29, 0.717) is 11.3 Å². The molecule has 0 bridgehead atoms. The molecule has 0 saturated heterocycles. The summed E-state index contributed by atoms with van der Waals surface area (Å²) in [6, 6.07) is 14.6. The summed E-state index contributed by atoms with van der Waals surface area (Å²) in [4.78, 5) is 22.8. The summed E-state index contributed by atoms with van der Waals surface area (Å²) in [6.45, 7) is 3.85. The van der Waals surface area contributed by atoms with Crippen molar-refractivity contribution in [1.29, 1.82) is 0 Å². The Labute approximate surface area is 141 Å². The van der Waals surface area contributed by atoms with E-state index < -0.39 is 0 Å². The number of carbonyl (C=O) groups is 2. The molecule has 0 aromatic heterocycles. The smallest absolute Gasteiger partial charge is 0.338 e. The fourth-order valence-electron chi connectivity index (χ4n) is 2.10. The summed E-state index contributed by atoms with van der Waals surface area (Å²) in [6.07, 6.45) is 0. The number of esters is 2. The molecule has 0 heterocycles. The third-order valence-electron chi connectivity index (χ3n) is 3.29. The lowest BCUT2D eigenvalue weighted by molar-refractivity contribution is -0.141. The Balaban J connectivity index is 1.88. The normalized spacial score (nSPS) is 10.1. The van der Waals surface area contributed by atoms with Gasteiger partial charge in [0, 0.05) is 6.92 Å². The number of rotatable bonds is 7. The quantitative estimate of drug-likeness (QED) is 0.576. The minimum absolute atomic E-state index is 0.190. The van der Waals surface area contributed by atoms with Crippen LogP contribution in [0.25, 0.3) is 0 Å². The molecular weight excluding hydrogens is 308 g/mol. The van der Waals surface area contributed by atoms with Gasteiger partial charge < -0.3 is 14.2 Å². The Morgan fingerprint density at radius 3 is 2.38 bits per heavy atom. The number of benzene rings is 2. The maximum Gasteiger partial charge on any atom is 0.338 e. The molecule has 0 saturated carbocycles. The number of ether oxygens (including phenoxy) is 3. The van der Waals surface area contributed by atoms with E-state index in [4.69, 9.17) is 14.2 Å². The van der Waals surface area contributed by atoms with Crippen LogP contribution in [0.5, 0.6) is 5.75 Å². The van der Waals surface area contributed by atoms with Gasteiger partial charge in [-0.25, -0.2) is 4.79 Å². The van der Waals surface area contributed by atoms with Gasteiger partial charge in [0.25, 0.3) is 0 Å². The third-order valence-corrected chi connectivity index (χ3v) is 3.29. The van der Waals surface area contributed by atoms with E-state index in [9.17, 15) is 9.59 Å². The van der Waals surface area contributed by atoms with Crippen molar-refractivity contribution in [2.75, 3.05) is 13.2 Å². The Morgan fingerprint density at radius 2 is 1.71 bits per heavy atom. The van der Waals surface area contributed by atoms with Crippen molar-refractivity contribution in [2.45, 2.75) is 20.5 Å². The molecule has 0 aliphatic heterocycles. The van der Waals surface area contributed by atoms with Crippen LogP contribution in [0.4, 0.5) is 0 Å². The first kappa shape index (κ1) is 17.5. The predicted octanol–water partition coefficient (Wildman–Crippen LogP) is 3.29. The van der Waals surface area contributed by atoms with Crippen molar-refractivity contribution in [3.05, 3.63) is 65.2 Å². The second kappa shape index (κ2) is 8.72. The van der Waals surface area contributed by atoms with Crippen LogP contribution >= 0.6 is 0 Å². The molecule has 5 nitrogen and oxygen atoms in total. The molecule has 126 valence electrons. The molecule has 2 aromatic rings. The highest BCUT2D eigenvalue weighted by atomic mass is 16.6. The third kappa shape index (κ3) is 5.43. The Kier molecular flexibility index (Phi) is 6.37. The summed E-state index contributed by atoms with van der Waals surface area (Å²) in [5.74, 6) is -0.103. The molecule has 0 unspecified atom stereocenters. The second-order valence-corrected chi connectivity index (χ2v) is 5.23. The summed E-state index contributed by atoms with van der Waals surface area (Å²) < 4.78 is 15.6. The van der Waals surface area contributed by atoms with E-state index in [-0.39, 0.29) is 31.8 Å². The van der Waals surface area contributed by atoms with Crippen molar-refractivity contribution in [3.8, 4) is 5.75 Å². The first-order chi connectivity index (χ1) is 11.6. The van der Waals surface area contributed by atoms with Gasteiger partial charge in [-0.3, -0.25) is 4.79 Å². The topological polar surface area (TPSA) is 61.8 Å². The Hall–Kier alpha value is -2.82. The lowest BCUT2D eigenvalue weighted by atomic mass is 10.1. The average molecular weight is 328 g/mol. The highest BCUT2D eigenvalue weighted by molar-refractivity contribution is 5.91. The minimum atomic E-state index is -0.372. The van der Waals surface area contributed by atoms with Crippen LogP contribution in [0.15, 0.2) is 48.5 Å². The van der Waals surface area contributed by atoms with Crippen molar-refractivity contribution in [3.63, 3.8) is 0 Å². The summed E-state index contributed by atoms with van der Waals surface area (Å²) in [7, 11) is 0. The molecule has 24 heavy (non-hydrogen) atoms. The number of aryl methyl sites for hydroxylation is 1. The monoisotopic (exact) mass is 328 g/mol. The molecule has 0 fully saturated rings. The molecule has 0 spiro atoms. The summed E-state index contributed by atoms with van der Waals surface area (Å²) in [5.41, 5.74) is 2.20. The summed E-state index contributed by atoms with van der Waals surface area (Å²) in [5, 5.41) is 0. The summed E-state index contributed by atoms with van der Waals surface area (Å²) >= 11 is 0. The van der Waals surface area contributed by atoms with E-state index in [0.717, 1.165) is 11.1 Å². The van der Waals surface area contributed by atoms with Gasteiger partial charge in [-0.05, 0) is 36.2 Å². The van der Waals surface area contributed by atoms with Gasteiger partial charge >= 0.3 is 11.9 Å². The lowest BCUT2D eigenvalue weighted by Gasteiger charge is -2.10. The highest BCUT2D eigenvalue weighted by Gasteiger charge is 2.11. The van der Waals surface area contributed by atoms with Gasteiger partial charge in [-0.1, -0.05) is 30.3 Å². The molecule has 0 aliphatic carbocycles. The lowest BCUT2D eigenvalue weighted by Crippen LogP contribution is -2.10. The fraction of sp³-hybridized carbons (Fsp3) is 0.263. The number of hydrogen-bond donors (Lipinski definition) is 0. The average Bonchev–Trinajstić information content (AvgIpc) is 2.57. The second-order valence-electron chi connectivity index (χ2n) is 5.23. The Morgan fingerprint density at radius 1 is 0.958 bits per heavy atom. The minimum Gasteiger partial charge on any atom is -0.490 e. The van der Waals surface area contributed by atoms with Crippen LogP contribution in [0.1, 0.15) is 28.4 Å². The number of hydrogen-bond acceptors (Lipinski definition) is 5. The van der Waals surface area contributed by atoms with E-state index in [1.807, 2.05) is 37.3 Å². The zero-order chi connectivity index (χ0) is 17.4. The van der Waals surface area contributed by atoms with E-state index in [1.165, 1.54) is 6.92 Å². The van der Waals surface area contributed by atoms with Gasteiger partial charge in [-0.15, -0.1) is 0 Å². The molecule has 0 radical (unpaired) electrons. The van der Waals surface area contributed by atoms with Gasteiger partial charge in [0.1, 0.15) is 25.6 Å². The van der Waals surface area contributed by atoms with Crippen LogP contribution in [-0.4, -0.2) is 25.2 Å². The van der Waals surface area contributed by atoms with Crippen LogP contribution in [0.3, 0.4) is 0 Å². The van der Waals surface area contributed by atoms with Crippen LogP contribution in [0, 0.1) is 6.92 Å².